The number of aliphatic hydroxyl groups excluding tert-OH is 1. The largest absolute Gasteiger partial charge is 0.388 e. The van der Waals surface area contributed by atoms with Gasteiger partial charge in [0.2, 0.25) is 5.91 Å². The molecule has 0 radical (unpaired) electrons. The Hall–Kier alpha value is -1.29. The molecule has 4 heteroatoms. The number of aryl methyl sites for hydroxylation is 1. The molecule has 1 aromatic heterocycles. The van der Waals surface area contributed by atoms with Crippen LogP contribution in [0, 0.1) is 5.92 Å². The van der Waals surface area contributed by atoms with E-state index in [1.165, 1.54) is 0 Å². The Morgan fingerprint density at radius 1 is 1.56 bits per heavy atom. The number of amides is 1. The molecule has 1 heterocycles. The lowest BCUT2D eigenvalue weighted by Gasteiger charge is -2.09. The second-order valence-corrected chi connectivity index (χ2v) is 5.44. The third-order valence-electron chi connectivity index (χ3n) is 3.23. The molecule has 1 aromatic rings. The van der Waals surface area contributed by atoms with Gasteiger partial charge >= 0.3 is 0 Å². The van der Waals surface area contributed by atoms with Crippen LogP contribution in [0.15, 0.2) is 18.5 Å². The van der Waals surface area contributed by atoms with E-state index in [4.69, 9.17) is 0 Å². The van der Waals surface area contributed by atoms with Crippen molar-refractivity contribution in [3.63, 3.8) is 0 Å². The molecule has 4 nitrogen and oxygen atoms in total. The number of hydrogen-bond donors (Lipinski definition) is 2. The molecule has 2 N–H and O–H groups in total. The fourth-order valence-corrected chi connectivity index (χ4v) is 2.08. The maximum Gasteiger partial charge on any atom is 0.221 e. The van der Waals surface area contributed by atoms with Crippen LogP contribution in [0.3, 0.4) is 0 Å². The first-order chi connectivity index (χ1) is 8.56. The van der Waals surface area contributed by atoms with Crippen molar-refractivity contribution in [3.8, 4) is 0 Å². The van der Waals surface area contributed by atoms with E-state index in [0.717, 1.165) is 18.4 Å². The molecule has 1 saturated carbocycles. The van der Waals surface area contributed by atoms with Gasteiger partial charge in [-0.15, -0.1) is 0 Å². The molecule has 1 atom stereocenters. The molecular formula is C14H22N2O2. The van der Waals surface area contributed by atoms with Crippen molar-refractivity contribution in [3.05, 3.63) is 24.0 Å². The Labute approximate surface area is 108 Å². The highest BCUT2D eigenvalue weighted by Crippen LogP contribution is 2.40. The lowest BCUT2D eigenvalue weighted by Crippen LogP contribution is -2.30. The van der Waals surface area contributed by atoms with Crippen LogP contribution < -0.4 is 5.32 Å². The van der Waals surface area contributed by atoms with E-state index in [9.17, 15) is 9.90 Å². The molecule has 1 aliphatic carbocycles. The normalized spacial score (nSPS) is 16.9. The Balaban J connectivity index is 1.81. The Kier molecular flexibility index (Phi) is 4.07. The third-order valence-corrected chi connectivity index (χ3v) is 3.23. The van der Waals surface area contributed by atoms with E-state index in [1.54, 1.807) is 0 Å². The maximum absolute atomic E-state index is 11.5. The summed E-state index contributed by atoms with van der Waals surface area (Å²) in [6, 6.07) is 2.14. The average Bonchev–Trinajstić information content (AvgIpc) is 3.04. The smallest absolute Gasteiger partial charge is 0.221 e. The molecule has 100 valence electrons. The van der Waals surface area contributed by atoms with Crippen molar-refractivity contribution in [2.45, 2.75) is 51.8 Å². The number of aliphatic hydroxyl groups is 1. The highest BCUT2D eigenvalue weighted by molar-refractivity contribution is 5.76. The van der Waals surface area contributed by atoms with Gasteiger partial charge in [-0.2, -0.15) is 0 Å². The molecule has 1 amide bonds. The zero-order chi connectivity index (χ0) is 13.1. The van der Waals surface area contributed by atoms with Crippen molar-refractivity contribution in [1.82, 2.24) is 9.88 Å². The van der Waals surface area contributed by atoms with E-state index in [1.807, 2.05) is 36.9 Å². The number of aromatic nitrogens is 1. The van der Waals surface area contributed by atoms with E-state index in [2.05, 4.69) is 5.32 Å². The Morgan fingerprint density at radius 3 is 2.89 bits per heavy atom. The fraction of sp³-hybridized carbons (Fsp3) is 0.643. The van der Waals surface area contributed by atoms with E-state index >= 15 is 0 Å². The highest BCUT2D eigenvalue weighted by atomic mass is 16.3. The monoisotopic (exact) mass is 250 g/mol. The minimum atomic E-state index is -0.323. The molecule has 0 saturated heterocycles. The van der Waals surface area contributed by atoms with Crippen LogP contribution in [-0.2, 0) is 11.3 Å². The third kappa shape index (κ3) is 3.60. The predicted molar refractivity (Wildman–Crippen MR) is 70.0 cm³/mol. The minimum absolute atomic E-state index is 0.0722. The molecule has 2 rings (SSSR count). The number of carbonyl (C=O) groups is 1. The molecule has 0 aliphatic heterocycles. The summed E-state index contributed by atoms with van der Waals surface area (Å²) in [7, 11) is 0. The van der Waals surface area contributed by atoms with Crippen LogP contribution in [-0.4, -0.2) is 21.6 Å². The van der Waals surface area contributed by atoms with Gasteiger partial charge in [-0.05, 0) is 44.2 Å². The lowest BCUT2D eigenvalue weighted by molar-refractivity contribution is -0.121. The van der Waals surface area contributed by atoms with Gasteiger partial charge in [0, 0.05) is 31.4 Å². The number of nitrogens with zero attached hydrogens (tertiary/aromatic N) is 1. The van der Waals surface area contributed by atoms with Crippen LogP contribution in [0.25, 0.3) is 0 Å². The molecular weight excluding hydrogens is 228 g/mol. The predicted octanol–water partition coefficient (Wildman–Crippen LogP) is 1.85. The maximum atomic E-state index is 11.5. The first-order valence-corrected chi connectivity index (χ1v) is 6.69. The zero-order valence-corrected chi connectivity index (χ0v) is 11.1. The van der Waals surface area contributed by atoms with Gasteiger partial charge in [0.1, 0.15) is 0 Å². The summed E-state index contributed by atoms with van der Waals surface area (Å²) in [6.07, 6.45) is 6.29. The molecule has 0 aromatic carbocycles. The summed E-state index contributed by atoms with van der Waals surface area (Å²) in [6.45, 7) is 4.57. The van der Waals surface area contributed by atoms with Crippen LogP contribution in [0.5, 0.6) is 0 Å². The summed E-state index contributed by atoms with van der Waals surface area (Å²) in [5.74, 6) is 0.521. The van der Waals surface area contributed by atoms with Gasteiger partial charge in [0.25, 0.3) is 0 Å². The van der Waals surface area contributed by atoms with Gasteiger partial charge in [-0.1, -0.05) is 0 Å². The van der Waals surface area contributed by atoms with E-state index in [-0.39, 0.29) is 18.1 Å². The Bertz CT molecular complexity index is 408. The second kappa shape index (κ2) is 5.57. The molecule has 1 unspecified atom stereocenters. The quantitative estimate of drug-likeness (QED) is 0.809. The first-order valence-electron chi connectivity index (χ1n) is 6.69. The van der Waals surface area contributed by atoms with Crippen molar-refractivity contribution < 1.29 is 9.90 Å². The van der Waals surface area contributed by atoms with Gasteiger partial charge in [0.05, 0.1) is 6.10 Å². The van der Waals surface area contributed by atoms with Crippen molar-refractivity contribution in [2.24, 2.45) is 5.92 Å². The fourth-order valence-electron chi connectivity index (χ4n) is 2.08. The molecule has 18 heavy (non-hydrogen) atoms. The summed E-state index contributed by atoms with van der Waals surface area (Å²) in [5.41, 5.74) is 0.974. The zero-order valence-electron chi connectivity index (χ0n) is 11.1. The van der Waals surface area contributed by atoms with Gasteiger partial charge in [-0.3, -0.25) is 4.79 Å². The summed E-state index contributed by atoms with van der Waals surface area (Å²) >= 11 is 0. The summed E-state index contributed by atoms with van der Waals surface area (Å²) in [4.78, 5) is 11.5. The van der Waals surface area contributed by atoms with Crippen molar-refractivity contribution in [1.29, 1.82) is 0 Å². The minimum Gasteiger partial charge on any atom is -0.388 e. The highest BCUT2D eigenvalue weighted by Gasteiger charge is 2.31. The number of carbonyl (C=O) groups excluding carboxylic acids is 1. The molecule has 0 spiro atoms. The van der Waals surface area contributed by atoms with Gasteiger partial charge in [0.15, 0.2) is 0 Å². The van der Waals surface area contributed by atoms with Gasteiger partial charge < -0.3 is 15.0 Å². The molecule has 1 fully saturated rings. The lowest BCUT2D eigenvalue weighted by atomic mass is 10.1. The van der Waals surface area contributed by atoms with E-state index in [0.29, 0.717) is 18.9 Å². The van der Waals surface area contributed by atoms with E-state index < -0.39 is 0 Å². The average molecular weight is 250 g/mol. The summed E-state index contributed by atoms with van der Waals surface area (Å²) in [5, 5.41) is 12.8. The molecule has 0 bridgehead atoms. The van der Waals surface area contributed by atoms with Crippen LogP contribution in [0.1, 0.15) is 44.8 Å². The molecule has 1 aliphatic rings. The number of nitrogens with one attached hydrogen (secondary N) is 1. The number of rotatable bonds is 6. The second-order valence-electron chi connectivity index (χ2n) is 5.44. The van der Waals surface area contributed by atoms with Crippen LogP contribution in [0.4, 0.5) is 0 Å². The first kappa shape index (κ1) is 13.1. The number of hydrogen-bond acceptors (Lipinski definition) is 2. The Morgan fingerprint density at radius 2 is 2.28 bits per heavy atom. The topological polar surface area (TPSA) is 54.3 Å². The van der Waals surface area contributed by atoms with Gasteiger partial charge in [-0.25, -0.2) is 0 Å². The summed E-state index contributed by atoms with van der Waals surface area (Å²) < 4.78 is 1.97. The van der Waals surface area contributed by atoms with Crippen molar-refractivity contribution >= 4 is 5.91 Å². The van der Waals surface area contributed by atoms with Crippen molar-refractivity contribution in [2.75, 3.05) is 0 Å². The van der Waals surface area contributed by atoms with Crippen LogP contribution in [0.2, 0.25) is 0 Å². The SMILES string of the molecule is CC(C)NC(=O)CCn1ccc(C(O)C2CC2)c1. The van der Waals surface area contributed by atoms with Crippen LogP contribution >= 0.6 is 0 Å². The standard InChI is InChI=1S/C14H22N2O2/c1-10(2)15-13(17)6-8-16-7-5-12(9-16)14(18)11-3-4-11/h5,7,9-11,14,18H,3-4,6,8H2,1-2H3,(H,15,17).